The number of hydrogen-bond acceptors (Lipinski definition) is 9. The van der Waals surface area contributed by atoms with Gasteiger partial charge in [-0.2, -0.15) is 4.98 Å². The van der Waals surface area contributed by atoms with Crippen LogP contribution in [0.4, 0.5) is 23.0 Å². The lowest BCUT2D eigenvalue weighted by molar-refractivity contribution is -0.139. The molecule has 0 unspecified atom stereocenters. The van der Waals surface area contributed by atoms with Crippen LogP contribution < -0.4 is 31.6 Å². The molecular formula is C41H48N8O4. The first-order chi connectivity index (χ1) is 25.6. The molecule has 0 radical (unpaired) electrons. The van der Waals surface area contributed by atoms with Crippen LogP contribution in [0.25, 0.3) is 16.7 Å². The number of anilines is 4. The first kappa shape index (κ1) is 33.7. The molecule has 5 aliphatic carbocycles. The summed E-state index contributed by atoms with van der Waals surface area (Å²) >= 11 is 0. The summed E-state index contributed by atoms with van der Waals surface area (Å²) in [6.07, 6.45) is 11.8. The molecule has 4 N–H and O–H groups in total. The molecule has 5 saturated carbocycles. The Bertz CT molecular complexity index is 2130. The van der Waals surface area contributed by atoms with Crippen LogP contribution in [-0.2, 0) is 9.59 Å². The quantitative estimate of drug-likeness (QED) is 0.193. The second-order valence-corrected chi connectivity index (χ2v) is 16.5. The summed E-state index contributed by atoms with van der Waals surface area (Å²) in [5, 5.41) is 7.32. The summed E-state index contributed by atoms with van der Waals surface area (Å²) in [5.74, 6) is 3.48. The minimum Gasteiger partial charge on any atom is -0.494 e. The van der Waals surface area contributed by atoms with Crippen LogP contribution in [0.2, 0.25) is 0 Å². The topological polar surface area (TPSA) is 148 Å². The smallest absolute Gasteiger partial charge is 0.257 e. The molecule has 2 amide bonds. The number of nitrogens with one attached hydrogen (secondary N) is 2. The van der Waals surface area contributed by atoms with Gasteiger partial charge in [0.15, 0.2) is 5.65 Å². The van der Waals surface area contributed by atoms with Crippen molar-refractivity contribution in [2.45, 2.75) is 70.3 Å². The lowest BCUT2D eigenvalue weighted by Crippen LogP contribution is -2.52. The van der Waals surface area contributed by atoms with E-state index in [0.717, 1.165) is 67.0 Å². The average molecular weight is 717 g/mol. The highest BCUT2D eigenvalue weighted by molar-refractivity contribution is 5.91. The van der Waals surface area contributed by atoms with Crippen molar-refractivity contribution >= 4 is 45.9 Å². The lowest BCUT2D eigenvalue weighted by atomic mass is 9.49. The molecule has 10 rings (SSSR count). The number of pyridine rings is 1. The zero-order valence-corrected chi connectivity index (χ0v) is 30.6. The van der Waals surface area contributed by atoms with E-state index < -0.39 is 5.54 Å². The van der Waals surface area contributed by atoms with Crippen LogP contribution in [-0.4, -0.2) is 70.1 Å². The Morgan fingerprint density at radius 2 is 1.66 bits per heavy atom. The Labute approximate surface area is 309 Å². The van der Waals surface area contributed by atoms with Crippen molar-refractivity contribution < 1.29 is 14.3 Å². The van der Waals surface area contributed by atoms with Gasteiger partial charge in [0.2, 0.25) is 17.8 Å². The van der Waals surface area contributed by atoms with Crippen molar-refractivity contribution in [2.24, 2.45) is 28.9 Å². The third-order valence-corrected chi connectivity index (χ3v) is 12.8. The highest BCUT2D eigenvalue weighted by atomic mass is 16.5. The van der Waals surface area contributed by atoms with E-state index in [2.05, 4.69) is 31.5 Å². The second-order valence-electron chi connectivity index (χ2n) is 16.5. The van der Waals surface area contributed by atoms with E-state index in [-0.39, 0.29) is 16.9 Å². The van der Waals surface area contributed by atoms with E-state index in [1.165, 1.54) is 38.5 Å². The van der Waals surface area contributed by atoms with Crippen molar-refractivity contribution in [3.63, 3.8) is 0 Å². The second kappa shape index (κ2) is 12.8. The van der Waals surface area contributed by atoms with Crippen molar-refractivity contribution in [1.82, 2.24) is 19.4 Å². The van der Waals surface area contributed by atoms with Crippen LogP contribution >= 0.6 is 0 Å². The maximum atomic E-state index is 13.6. The number of aromatic nitrogens is 3. The Kier molecular flexibility index (Phi) is 8.12. The standard InChI is InChI=1S/C41H48N8O4/c1-25-14-35(50)49(31-5-3-4-29(18-31)46-41(8-9-41)38(42)52)37-32(25)24-43-39(45-37)44-33-7-6-30(19-34(33)53-2)47-10-12-48(13-11-47)36(51)23-40-20-26-15-27(21-40)17-28(16-26)22-40/h3-7,14,18-19,24,26-28,46H,8-13,15-17,20-23H2,1-2H3,(H2,42,52)(H,43,44,45). The molecule has 3 heterocycles. The van der Waals surface area contributed by atoms with Gasteiger partial charge in [0.05, 0.1) is 18.5 Å². The number of carbonyl (C=O) groups excluding carboxylic acids is 2. The minimum atomic E-state index is -0.742. The van der Waals surface area contributed by atoms with E-state index in [4.69, 9.17) is 15.5 Å². The lowest BCUT2D eigenvalue weighted by Gasteiger charge is -2.57. The number of benzene rings is 2. The third-order valence-electron chi connectivity index (χ3n) is 12.8. The highest BCUT2D eigenvalue weighted by Crippen LogP contribution is 2.61. The molecule has 12 heteroatoms. The zero-order chi connectivity index (χ0) is 36.5. The molecule has 2 aromatic heterocycles. The predicted octanol–water partition coefficient (Wildman–Crippen LogP) is 5.53. The number of primary amides is 1. The third kappa shape index (κ3) is 6.25. The van der Waals surface area contributed by atoms with Gasteiger partial charge < -0.3 is 30.9 Å². The zero-order valence-electron chi connectivity index (χ0n) is 30.6. The first-order valence-corrected chi connectivity index (χ1v) is 19.1. The van der Waals surface area contributed by atoms with Crippen LogP contribution in [0, 0.1) is 30.1 Å². The van der Waals surface area contributed by atoms with Gasteiger partial charge in [-0.1, -0.05) is 6.07 Å². The fourth-order valence-corrected chi connectivity index (χ4v) is 10.4. The molecule has 4 aromatic rings. The van der Waals surface area contributed by atoms with E-state index in [9.17, 15) is 14.4 Å². The van der Waals surface area contributed by atoms with Crippen molar-refractivity contribution in [3.8, 4) is 11.4 Å². The average Bonchev–Trinajstić information content (AvgIpc) is 3.92. The number of nitrogens with zero attached hydrogens (tertiary/aromatic N) is 5. The van der Waals surface area contributed by atoms with Crippen molar-refractivity contribution in [1.29, 1.82) is 0 Å². The van der Waals surface area contributed by atoms with Gasteiger partial charge in [0.1, 0.15) is 11.3 Å². The van der Waals surface area contributed by atoms with Crippen LogP contribution in [0.3, 0.4) is 0 Å². The predicted molar refractivity (Wildman–Crippen MR) is 205 cm³/mol. The highest BCUT2D eigenvalue weighted by Gasteiger charge is 2.52. The normalized spacial score (nSPS) is 25.4. The molecule has 0 atom stereocenters. The Morgan fingerprint density at radius 1 is 0.943 bits per heavy atom. The summed E-state index contributed by atoms with van der Waals surface area (Å²) in [6.45, 7) is 4.86. The molecule has 2 aromatic carbocycles. The number of aryl methyl sites for hydroxylation is 1. The summed E-state index contributed by atoms with van der Waals surface area (Å²) < 4.78 is 7.39. The minimum absolute atomic E-state index is 0.232. The van der Waals surface area contributed by atoms with Gasteiger partial charge in [-0.3, -0.25) is 19.0 Å². The Balaban J connectivity index is 0.904. The summed E-state index contributed by atoms with van der Waals surface area (Å²) in [4.78, 5) is 52.9. The fourth-order valence-electron chi connectivity index (χ4n) is 10.4. The number of piperazine rings is 1. The Hall–Kier alpha value is -5.13. The molecule has 0 spiro atoms. The summed E-state index contributed by atoms with van der Waals surface area (Å²) in [7, 11) is 1.64. The molecule has 1 saturated heterocycles. The number of hydrogen-bond donors (Lipinski definition) is 3. The number of ether oxygens (including phenoxy) is 1. The van der Waals surface area contributed by atoms with Crippen molar-refractivity contribution in [2.75, 3.05) is 48.8 Å². The first-order valence-electron chi connectivity index (χ1n) is 19.1. The SMILES string of the molecule is COc1cc(N2CCN(C(=O)CC34CC5CC(CC(C5)C3)C4)CC2)ccc1Nc1ncc2c(C)cc(=O)n(-c3cccc(NC4(C(N)=O)CC4)c3)c2n1. The number of rotatable bonds is 10. The van der Waals surface area contributed by atoms with Gasteiger partial charge in [-0.05, 0) is 117 Å². The molecule has 4 bridgehead atoms. The number of nitrogens with two attached hydrogens (primary N) is 1. The molecule has 276 valence electrons. The number of amides is 2. The van der Waals surface area contributed by atoms with Gasteiger partial charge >= 0.3 is 0 Å². The van der Waals surface area contributed by atoms with Crippen LogP contribution in [0.5, 0.6) is 5.75 Å². The van der Waals surface area contributed by atoms with Gasteiger partial charge in [0.25, 0.3) is 5.56 Å². The summed E-state index contributed by atoms with van der Waals surface area (Å²) in [6, 6.07) is 14.9. The monoisotopic (exact) mass is 716 g/mol. The molecule has 12 nitrogen and oxygen atoms in total. The molecule has 1 aliphatic heterocycles. The molecule has 6 fully saturated rings. The largest absolute Gasteiger partial charge is 0.494 e. The summed E-state index contributed by atoms with van der Waals surface area (Å²) in [5.41, 5.74) is 9.17. The molecular weight excluding hydrogens is 669 g/mol. The van der Waals surface area contributed by atoms with E-state index in [1.54, 1.807) is 23.9 Å². The Morgan fingerprint density at radius 3 is 2.32 bits per heavy atom. The number of carbonyl (C=O) groups is 2. The van der Waals surface area contributed by atoms with E-state index >= 15 is 0 Å². The molecule has 53 heavy (non-hydrogen) atoms. The van der Waals surface area contributed by atoms with Crippen molar-refractivity contribution in [3.05, 3.63) is 70.6 Å². The number of methoxy groups -OCH3 is 1. The van der Waals surface area contributed by atoms with Crippen LogP contribution in [0.15, 0.2) is 59.5 Å². The van der Waals surface area contributed by atoms with E-state index in [0.29, 0.717) is 53.2 Å². The molecule has 6 aliphatic rings. The van der Waals surface area contributed by atoms with Crippen LogP contribution in [0.1, 0.15) is 63.4 Å². The van der Waals surface area contributed by atoms with Gasteiger partial charge in [0, 0.05) is 67.7 Å². The van der Waals surface area contributed by atoms with Gasteiger partial charge in [-0.25, -0.2) is 4.98 Å². The van der Waals surface area contributed by atoms with Gasteiger partial charge in [-0.15, -0.1) is 0 Å². The van der Waals surface area contributed by atoms with E-state index in [1.807, 2.05) is 43.3 Å². The fraction of sp³-hybridized carbons (Fsp3) is 0.488. The number of fused-ring (bicyclic) bond motifs is 1. The maximum absolute atomic E-state index is 13.6. The maximum Gasteiger partial charge on any atom is 0.257 e.